The van der Waals surface area contributed by atoms with E-state index in [1.54, 1.807) is 6.07 Å². The molecule has 1 heterocycles. The van der Waals surface area contributed by atoms with Crippen LogP contribution < -0.4 is 4.74 Å². The van der Waals surface area contributed by atoms with E-state index in [2.05, 4.69) is 5.10 Å². The summed E-state index contributed by atoms with van der Waals surface area (Å²) in [5, 5.41) is 7.18. The van der Waals surface area contributed by atoms with Crippen LogP contribution in [0.25, 0.3) is 10.8 Å². The third kappa shape index (κ3) is 3.54. The summed E-state index contributed by atoms with van der Waals surface area (Å²) in [6.07, 6.45) is -0.854. The minimum absolute atomic E-state index is 0.141. The average Bonchev–Trinajstić information content (AvgIpc) is 3.13. The molecule has 6 nitrogen and oxygen atoms in total. The van der Waals surface area contributed by atoms with Gasteiger partial charge in [-0.1, -0.05) is 42.5 Å². The molecule has 1 atom stereocenters. The minimum atomic E-state index is -0.854. The Morgan fingerprint density at radius 3 is 2.45 bits per heavy atom. The highest BCUT2D eigenvalue weighted by molar-refractivity contribution is 6.10. The monoisotopic (exact) mass is 392 g/mol. The predicted molar refractivity (Wildman–Crippen MR) is 105 cm³/mol. The van der Waals surface area contributed by atoms with Crippen LogP contribution in [0.2, 0.25) is 0 Å². The summed E-state index contributed by atoms with van der Waals surface area (Å²) in [5.41, 5.74) is 1.03. The van der Waals surface area contributed by atoms with Gasteiger partial charge in [-0.15, -0.1) is 5.10 Å². The van der Waals surface area contributed by atoms with Gasteiger partial charge in [0.2, 0.25) is 18.0 Å². The Bertz CT molecular complexity index is 1140. The molecule has 0 unspecified atom stereocenters. The summed E-state index contributed by atoms with van der Waals surface area (Å²) in [4.78, 5) is 23.8. The molecule has 3 aromatic carbocycles. The first-order chi connectivity index (χ1) is 13.9. The van der Waals surface area contributed by atoms with Gasteiger partial charge < -0.3 is 9.47 Å². The van der Waals surface area contributed by atoms with E-state index in [4.69, 9.17) is 9.47 Å². The van der Waals surface area contributed by atoms with Crippen molar-refractivity contribution in [1.82, 2.24) is 5.01 Å². The van der Waals surface area contributed by atoms with Crippen molar-refractivity contribution < 1.29 is 23.5 Å². The first kappa shape index (κ1) is 18.6. The second-order valence-electron chi connectivity index (χ2n) is 6.54. The van der Waals surface area contributed by atoms with E-state index < -0.39 is 18.0 Å². The van der Waals surface area contributed by atoms with Gasteiger partial charge in [-0.05, 0) is 29.0 Å². The van der Waals surface area contributed by atoms with Crippen molar-refractivity contribution in [2.45, 2.75) is 20.1 Å². The normalized spacial score (nSPS) is 15.8. The van der Waals surface area contributed by atoms with Gasteiger partial charge in [0.15, 0.2) is 0 Å². The number of esters is 1. The van der Waals surface area contributed by atoms with Crippen molar-refractivity contribution in [1.29, 1.82) is 0 Å². The Balaban J connectivity index is 1.84. The maximum Gasteiger partial charge on any atom is 0.308 e. The zero-order valence-electron chi connectivity index (χ0n) is 15.8. The molecule has 0 bridgehead atoms. The van der Waals surface area contributed by atoms with Gasteiger partial charge in [-0.3, -0.25) is 9.59 Å². The van der Waals surface area contributed by atoms with Crippen LogP contribution in [0.15, 0.2) is 65.8 Å². The molecule has 1 aliphatic rings. The molecule has 0 N–H and O–H groups in total. The average molecular weight is 392 g/mol. The molecule has 146 valence electrons. The molecule has 0 radical (unpaired) electrons. The molecule has 0 aliphatic carbocycles. The summed E-state index contributed by atoms with van der Waals surface area (Å²) in [6, 6.07) is 16.6. The Labute approximate surface area is 166 Å². The van der Waals surface area contributed by atoms with Crippen molar-refractivity contribution >= 4 is 28.5 Å². The molecule has 7 heteroatoms. The highest BCUT2D eigenvalue weighted by atomic mass is 19.1. The van der Waals surface area contributed by atoms with Crippen LogP contribution in [0.5, 0.6) is 5.75 Å². The van der Waals surface area contributed by atoms with E-state index in [1.165, 1.54) is 43.1 Å². The fourth-order valence-corrected chi connectivity index (χ4v) is 3.22. The maximum absolute atomic E-state index is 13.3. The van der Waals surface area contributed by atoms with Crippen LogP contribution in [0.3, 0.4) is 0 Å². The number of carbonyl (C=O) groups excluding carboxylic acids is 2. The van der Waals surface area contributed by atoms with E-state index in [0.717, 1.165) is 10.8 Å². The standard InChI is InChI=1S/C22H17FN2O4/c1-13(26)25-22(16-7-10-17(23)11-8-16)29-21(24-25)20-18-6-4-3-5-15(18)9-12-19(20)28-14(2)27/h3-12,22H,1-2H3/t22-/m0/s1. The fraction of sp³-hybridized carbons (Fsp3) is 0.136. The van der Waals surface area contributed by atoms with Crippen molar-refractivity contribution in [3.05, 3.63) is 77.6 Å². The molecule has 1 aliphatic heterocycles. The molecule has 0 aromatic heterocycles. The van der Waals surface area contributed by atoms with E-state index in [0.29, 0.717) is 11.1 Å². The van der Waals surface area contributed by atoms with Crippen LogP contribution in [-0.4, -0.2) is 22.8 Å². The number of benzene rings is 3. The lowest BCUT2D eigenvalue weighted by Gasteiger charge is -2.19. The first-order valence-electron chi connectivity index (χ1n) is 8.95. The van der Waals surface area contributed by atoms with Crippen molar-refractivity contribution in [2.75, 3.05) is 0 Å². The Kier molecular flexibility index (Phi) is 4.72. The Morgan fingerprint density at radius 1 is 1.03 bits per heavy atom. The Morgan fingerprint density at radius 2 is 1.76 bits per heavy atom. The second kappa shape index (κ2) is 7.35. The van der Waals surface area contributed by atoms with E-state index in [-0.39, 0.29) is 17.6 Å². The number of halogens is 1. The van der Waals surface area contributed by atoms with Crippen molar-refractivity contribution in [2.24, 2.45) is 5.10 Å². The second-order valence-corrected chi connectivity index (χ2v) is 6.54. The van der Waals surface area contributed by atoms with Gasteiger partial charge in [0.05, 0.1) is 5.56 Å². The number of carbonyl (C=O) groups is 2. The predicted octanol–water partition coefficient (Wildman–Crippen LogP) is 4.14. The number of nitrogens with zero attached hydrogens (tertiary/aromatic N) is 2. The number of hydrogen-bond acceptors (Lipinski definition) is 5. The summed E-state index contributed by atoms with van der Waals surface area (Å²) < 4.78 is 24.7. The Hall–Kier alpha value is -3.74. The molecule has 0 fully saturated rings. The van der Waals surface area contributed by atoms with Crippen molar-refractivity contribution in [3.63, 3.8) is 0 Å². The lowest BCUT2D eigenvalue weighted by atomic mass is 10.0. The molecular weight excluding hydrogens is 375 g/mol. The molecule has 1 amide bonds. The lowest BCUT2D eigenvalue weighted by Crippen LogP contribution is -2.25. The SMILES string of the molecule is CC(=O)Oc1ccc2ccccc2c1C1=NN(C(C)=O)[C@H](c2ccc(F)cc2)O1. The largest absolute Gasteiger partial charge is 0.446 e. The summed E-state index contributed by atoms with van der Waals surface area (Å²) >= 11 is 0. The number of rotatable bonds is 3. The van der Waals surface area contributed by atoms with Crippen LogP contribution >= 0.6 is 0 Å². The van der Waals surface area contributed by atoms with E-state index in [1.807, 2.05) is 30.3 Å². The topological polar surface area (TPSA) is 68.2 Å². The highest BCUT2D eigenvalue weighted by Crippen LogP contribution is 2.36. The minimum Gasteiger partial charge on any atom is -0.446 e. The van der Waals surface area contributed by atoms with Gasteiger partial charge in [-0.25, -0.2) is 4.39 Å². The molecule has 29 heavy (non-hydrogen) atoms. The number of hydrogen-bond donors (Lipinski definition) is 0. The molecule has 0 spiro atoms. The van der Waals surface area contributed by atoms with Gasteiger partial charge in [0, 0.05) is 19.4 Å². The molecule has 4 rings (SSSR count). The zero-order chi connectivity index (χ0) is 20.5. The van der Waals surface area contributed by atoms with Gasteiger partial charge >= 0.3 is 5.97 Å². The zero-order valence-corrected chi connectivity index (χ0v) is 15.8. The first-order valence-corrected chi connectivity index (χ1v) is 8.95. The summed E-state index contributed by atoms with van der Waals surface area (Å²) in [5.74, 6) is -0.809. The van der Waals surface area contributed by atoms with E-state index in [9.17, 15) is 14.0 Å². The van der Waals surface area contributed by atoms with Gasteiger partial charge in [-0.2, -0.15) is 5.01 Å². The van der Waals surface area contributed by atoms with Gasteiger partial charge in [0.25, 0.3) is 0 Å². The number of ether oxygens (including phenoxy) is 2. The molecule has 0 saturated carbocycles. The molecular formula is C22H17FN2O4. The summed E-state index contributed by atoms with van der Waals surface area (Å²) in [7, 11) is 0. The van der Waals surface area contributed by atoms with Crippen LogP contribution in [0.1, 0.15) is 31.2 Å². The third-order valence-electron chi connectivity index (χ3n) is 4.48. The van der Waals surface area contributed by atoms with Gasteiger partial charge in [0.1, 0.15) is 11.6 Å². The van der Waals surface area contributed by atoms with Crippen molar-refractivity contribution in [3.8, 4) is 5.75 Å². The van der Waals surface area contributed by atoms with Crippen LogP contribution in [-0.2, 0) is 14.3 Å². The highest BCUT2D eigenvalue weighted by Gasteiger charge is 2.35. The van der Waals surface area contributed by atoms with Crippen LogP contribution in [0.4, 0.5) is 4.39 Å². The number of amides is 1. The summed E-state index contributed by atoms with van der Waals surface area (Å²) in [6.45, 7) is 2.67. The smallest absolute Gasteiger partial charge is 0.308 e. The fourth-order valence-electron chi connectivity index (χ4n) is 3.22. The van der Waals surface area contributed by atoms with E-state index >= 15 is 0 Å². The lowest BCUT2D eigenvalue weighted by molar-refractivity contribution is -0.135. The quantitative estimate of drug-likeness (QED) is 0.496. The van der Waals surface area contributed by atoms with Crippen LogP contribution in [0, 0.1) is 5.82 Å². The molecule has 0 saturated heterocycles. The number of hydrazone groups is 1. The number of fused-ring (bicyclic) bond motifs is 1. The molecule has 3 aromatic rings. The third-order valence-corrected chi connectivity index (χ3v) is 4.48. The maximum atomic E-state index is 13.3.